The standard InChI is InChI=1S/C21H24N2O.ClH/c1-2-22-14-16-8-4-6-10-19(16)23-20(24)18-13-21(18)12-11-15-7-3-5-9-17(15)21;/h3-10,18,22H,2,11-14H2,1H3,(H,23,24);1H. The number of anilines is 1. The second-order valence-corrected chi connectivity index (χ2v) is 7.00. The molecule has 2 N–H and O–H groups in total. The normalized spacial score (nSPS) is 23.0. The molecule has 2 aliphatic rings. The fourth-order valence-electron chi connectivity index (χ4n) is 4.22. The van der Waals surface area contributed by atoms with Gasteiger partial charge in [0.15, 0.2) is 0 Å². The molecule has 0 aromatic heterocycles. The zero-order chi connectivity index (χ0) is 16.6. The van der Waals surface area contributed by atoms with Gasteiger partial charge in [-0.3, -0.25) is 4.79 Å². The Morgan fingerprint density at radius 3 is 2.76 bits per heavy atom. The van der Waals surface area contributed by atoms with E-state index >= 15 is 0 Å². The van der Waals surface area contributed by atoms with E-state index in [4.69, 9.17) is 0 Å². The van der Waals surface area contributed by atoms with Crippen LogP contribution in [0.2, 0.25) is 0 Å². The van der Waals surface area contributed by atoms with Crippen molar-refractivity contribution >= 4 is 24.0 Å². The minimum Gasteiger partial charge on any atom is -0.326 e. The van der Waals surface area contributed by atoms with E-state index < -0.39 is 0 Å². The molecule has 1 fully saturated rings. The average Bonchev–Trinajstić information content (AvgIpc) is 3.24. The Bertz CT molecular complexity index is 776. The van der Waals surface area contributed by atoms with Crippen molar-refractivity contribution in [1.82, 2.24) is 5.32 Å². The van der Waals surface area contributed by atoms with E-state index in [1.54, 1.807) is 0 Å². The smallest absolute Gasteiger partial charge is 0.228 e. The fraction of sp³-hybridized carbons (Fsp3) is 0.381. The molecule has 2 atom stereocenters. The summed E-state index contributed by atoms with van der Waals surface area (Å²) < 4.78 is 0. The number of rotatable bonds is 5. The summed E-state index contributed by atoms with van der Waals surface area (Å²) in [6, 6.07) is 16.7. The molecule has 0 heterocycles. The predicted molar refractivity (Wildman–Crippen MR) is 104 cm³/mol. The Balaban J connectivity index is 0.00000182. The highest BCUT2D eigenvalue weighted by atomic mass is 35.5. The van der Waals surface area contributed by atoms with E-state index in [-0.39, 0.29) is 29.6 Å². The third-order valence-corrected chi connectivity index (χ3v) is 5.63. The van der Waals surface area contributed by atoms with Crippen molar-refractivity contribution < 1.29 is 4.79 Å². The second-order valence-electron chi connectivity index (χ2n) is 7.00. The van der Waals surface area contributed by atoms with Gasteiger partial charge in [0.25, 0.3) is 0 Å². The van der Waals surface area contributed by atoms with E-state index in [0.29, 0.717) is 0 Å². The second kappa shape index (κ2) is 7.19. The van der Waals surface area contributed by atoms with Crippen LogP contribution in [0, 0.1) is 5.92 Å². The lowest BCUT2D eigenvalue weighted by molar-refractivity contribution is -0.117. The summed E-state index contributed by atoms with van der Waals surface area (Å²) in [5.74, 6) is 0.295. The largest absolute Gasteiger partial charge is 0.326 e. The molecular weight excluding hydrogens is 332 g/mol. The van der Waals surface area contributed by atoms with E-state index in [1.165, 1.54) is 11.1 Å². The van der Waals surface area contributed by atoms with Crippen LogP contribution in [0.3, 0.4) is 0 Å². The first-order valence-electron chi connectivity index (χ1n) is 8.92. The monoisotopic (exact) mass is 356 g/mol. The van der Waals surface area contributed by atoms with E-state index in [9.17, 15) is 4.79 Å². The number of benzene rings is 2. The topological polar surface area (TPSA) is 41.1 Å². The van der Waals surface area contributed by atoms with Gasteiger partial charge in [0.05, 0.1) is 0 Å². The molecule has 0 bridgehead atoms. The van der Waals surface area contributed by atoms with Gasteiger partial charge in [-0.25, -0.2) is 0 Å². The third kappa shape index (κ3) is 3.19. The van der Waals surface area contributed by atoms with Crippen LogP contribution in [0.1, 0.15) is 36.5 Å². The zero-order valence-corrected chi connectivity index (χ0v) is 15.4. The van der Waals surface area contributed by atoms with Crippen molar-refractivity contribution in [3.8, 4) is 0 Å². The van der Waals surface area contributed by atoms with Gasteiger partial charge in [0, 0.05) is 23.6 Å². The van der Waals surface area contributed by atoms with Crippen LogP contribution >= 0.6 is 12.4 Å². The highest BCUT2D eigenvalue weighted by Crippen LogP contribution is 2.61. The summed E-state index contributed by atoms with van der Waals surface area (Å²) in [6.45, 7) is 3.79. The number of fused-ring (bicyclic) bond motifs is 2. The van der Waals surface area contributed by atoms with Crippen molar-refractivity contribution in [3.05, 3.63) is 65.2 Å². The lowest BCUT2D eigenvalue weighted by atomic mass is 9.95. The Morgan fingerprint density at radius 1 is 1.16 bits per heavy atom. The highest BCUT2D eigenvalue weighted by molar-refractivity contribution is 5.97. The number of para-hydroxylation sites is 1. The maximum Gasteiger partial charge on any atom is 0.228 e. The Kier molecular flexibility index (Phi) is 5.16. The van der Waals surface area contributed by atoms with Crippen molar-refractivity contribution in [2.45, 2.75) is 38.1 Å². The molecule has 1 saturated carbocycles. The first kappa shape index (κ1) is 18.0. The predicted octanol–water partition coefficient (Wildman–Crippen LogP) is 4.06. The van der Waals surface area contributed by atoms with Crippen LogP contribution in [-0.4, -0.2) is 12.5 Å². The maximum absolute atomic E-state index is 12.8. The van der Waals surface area contributed by atoms with Crippen LogP contribution < -0.4 is 10.6 Å². The molecule has 0 radical (unpaired) electrons. The summed E-state index contributed by atoms with van der Waals surface area (Å²) in [7, 11) is 0. The Labute approximate surface area is 155 Å². The molecular formula is C21H25ClN2O. The van der Waals surface area contributed by atoms with Gasteiger partial charge in [-0.15, -0.1) is 12.4 Å². The van der Waals surface area contributed by atoms with Crippen LogP contribution in [0.15, 0.2) is 48.5 Å². The number of aryl methyl sites for hydroxylation is 1. The molecule has 4 heteroatoms. The van der Waals surface area contributed by atoms with Gasteiger partial charge >= 0.3 is 0 Å². The third-order valence-electron chi connectivity index (χ3n) is 5.63. The molecule has 25 heavy (non-hydrogen) atoms. The van der Waals surface area contributed by atoms with Gasteiger partial charge in [-0.1, -0.05) is 49.4 Å². The number of amides is 1. The first-order chi connectivity index (χ1) is 11.7. The van der Waals surface area contributed by atoms with Gasteiger partial charge in [0.2, 0.25) is 5.91 Å². The molecule has 3 nitrogen and oxygen atoms in total. The lowest BCUT2D eigenvalue weighted by Gasteiger charge is -2.14. The average molecular weight is 357 g/mol. The van der Waals surface area contributed by atoms with Crippen molar-refractivity contribution in [1.29, 1.82) is 0 Å². The molecule has 132 valence electrons. The number of hydrogen-bond acceptors (Lipinski definition) is 2. The fourth-order valence-corrected chi connectivity index (χ4v) is 4.22. The van der Waals surface area contributed by atoms with E-state index in [1.807, 2.05) is 18.2 Å². The van der Waals surface area contributed by atoms with Crippen molar-refractivity contribution in [3.63, 3.8) is 0 Å². The quantitative estimate of drug-likeness (QED) is 0.848. The van der Waals surface area contributed by atoms with Crippen LogP contribution in [0.25, 0.3) is 0 Å². The Morgan fingerprint density at radius 2 is 1.92 bits per heavy atom. The highest BCUT2D eigenvalue weighted by Gasteiger charge is 2.61. The number of carbonyl (C=O) groups is 1. The molecule has 2 aromatic carbocycles. The maximum atomic E-state index is 12.8. The molecule has 0 saturated heterocycles. The van der Waals surface area contributed by atoms with Gasteiger partial charge < -0.3 is 10.6 Å². The van der Waals surface area contributed by atoms with Gasteiger partial charge in [-0.2, -0.15) is 0 Å². The molecule has 2 unspecified atom stereocenters. The molecule has 1 amide bonds. The summed E-state index contributed by atoms with van der Waals surface area (Å²) in [6.07, 6.45) is 3.21. The number of nitrogens with one attached hydrogen (secondary N) is 2. The first-order valence-corrected chi connectivity index (χ1v) is 8.92. The van der Waals surface area contributed by atoms with Crippen molar-refractivity contribution in [2.24, 2.45) is 5.92 Å². The van der Waals surface area contributed by atoms with Gasteiger partial charge in [-0.05, 0) is 48.6 Å². The van der Waals surface area contributed by atoms with Crippen LogP contribution in [-0.2, 0) is 23.2 Å². The van der Waals surface area contributed by atoms with Crippen molar-refractivity contribution in [2.75, 3.05) is 11.9 Å². The van der Waals surface area contributed by atoms with Gasteiger partial charge in [0.1, 0.15) is 0 Å². The molecule has 1 spiro atoms. The van der Waals surface area contributed by atoms with E-state index in [2.05, 4.69) is 47.9 Å². The summed E-state index contributed by atoms with van der Waals surface area (Å²) >= 11 is 0. The minimum absolute atomic E-state index is 0. The van der Waals surface area contributed by atoms with Crippen LogP contribution in [0.4, 0.5) is 5.69 Å². The summed E-state index contributed by atoms with van der Waals surface area (Å²) in [4.78, 5) is 12.8. The minimum atomic E-state index is 0. The number of hydrogen-bond donors (Lipinski definition) is 2. The SMILES string of the molecule is CCNCc1ccccc1NC(=O)C1CC12CCc1ccccc12.Cl. The summed E-state index contributed by atoms with van der Waals surface area (Å²) in [5, 5.41) is 6.52. The zero-order valence-electron chi connectivity index (χ0n) is 14.5. The number of halogens is 1. The lowest BCUT2D eigenvalue weighted by Crippen LogP contribution is -2.21. The molecule has 4 rings (SSSR count). The Hall–Kier alpha value is -1.84. The molecule has 2 aliphatic carbocycles. The number of carbonyl (C=O) groups excluding carboxylic acids is 1. The summed E-state index contributed by atoms with van der Waals surface area (Å²) in [5.41, 5.74) is 5.04. The van der Waals surface area contributed by atoms with Crippen LogP contribution in [0.5, 0.6) is 0 Å². The molecule has 0 aliphatic heterocycles. The molecule has 2 aromatic rings. The van der Waals surface area contributed by atoms with E-state index in [0.717, 1.165) is 43.6 Å².